The molecule has 8 rings (SSSR count). The van der Waals surface area contributed by atoms with Crippen LogP contribution in [0.3, 0.4) is 0 Å². The van der Waals surface area contributed by atoms with E-state index in [-0.39, 0.29) is 5.41 Å². The van der Waals surface area contributed by atoms with E-state index < -0.39 is 11.4 Å². The topological polar surface area (TPSA) is 27.7 Å². The van der Waals surface area contributed by atoms with Gasteiger partial charge in [0.05, 0.1) is 0 Å². The molecular formula is C37H32O3. The first-order valence-electron chi connectivity index (χ1n) is 14.2. The quantitative estimate of drug-likeness (QED) is 0.262. The van der Waals surface area contributed by atoms with Gasteiger partial charge in [-0.1, -0.05) is 98.8 Å². The molecule has 2 aliphatic carbocycles. The molecule has 0 N–H and O–H groups in total. The zero-order valence-electron chi connectivity index (χ0n) is 23.6. The standard InChI is InChI=1S/C37H32O3/c1-22-34(40-36(35(22,4)5)30-15-9-6-12-26(30)27-13-7-10-16-31(27)36)21-25-18-19-33-29(20-25)28-14-8-11-17-32(28)37(33)38-23(2)24(3)39-37/h6-20H,21H2,1-5H3. The molecule has 0 bridgehead atoms. The van der Waals surface area contributed by atoms with Gasteiger partial charge >= 0.3 is 5.79 Å². The van der Waals surface area contributed by atoms with Crippen molar-refractivity contribution in [1.82, 2.24) is 0 Å². The Kier molecular flexibility index (Phi) is 4.55. The molecule has 4 aliphatic rings. The molecule has 2 spiro atoms. The summed E-state index contributed by atoms with van der Waals surface area (Å²) in [4.78, 5) is 0. The molecular weight excluding hydrogens is 492 g/mol. The molecule has 0 fully saturated rings. The van der Waals surface area contributed by atoms with E-state index >= 15 is 0 Å². The summed E-state index contributed by atoms with van der Waals surface area (Å²) in [6, 6.07) is 32.6. The van der Waals surface area contributed by atoms with Crippen molar-refractivity contribution in [3.8, 4) is 22.3 Å². The molecule has 0 radical (unpaired) electrons. The number of hydrogen-bond donors (Lipinski definition) is 0. The van der Waals surface area contributed by atoms with Crippen LogP contribution in [0.15, 0.2) is 114 Å². The first-order chi connectivity index (χ1) is 19.3. The Bertz CT molecular complexity index is 1760. The summed E-state index contributed by atoms with van der Waals surface area (Å²) in [7, 11) is 0. The summed E-state index contributed by atoms with van der Waals surface area (Å²) < 4.78 is 20.1. The van der Waals surface area contributed by atoms with Gasteiger partial charge in [0.2, 0.25) is 0 Å². The van der Waals surface area contributed by atoms with E-state index in [1.54, 1.807) is 0 Å². The molecule has 0 amide bonds. The zero-order valence-corrected chi connectivity index (χ0v) is 23.6. The highest BCUT2D eigenvalue weighted by atomic mass is 16.7. The van der Waals surface area contributed by atoms with Crippen LogP contribution < -0.4 is 0 Å². The van der Waals surface area contributed by atoms with Crippen LogP contribution in [-0.2, 0) is 32.0 Å². The smallest absolute Gasteiger partial charge is 0.306 e. The van der Waals surface area contributed by atoms with Crippen molar-refractivity contribution in [2.45, 2.75) is 52.4 Å². The molecule has 0 aromatic heterocycles. The highest BCUT2D eigenvalue weighted by Crippen LogP contribution is 2.65. The van der Waals surface area contributed by atoms with Crippen molar-refractivity contribution in [2.24, 2.45) is 5.41 Å². The maximum absolute atomic E-state index is 7.23. The van der Waals surface area contributed by atoms with Gasteiger partial charge in [0.25, 0.3) is 0 Å². The van der Waals surface area contributed by atoms with Crippen molar-refractivity contribution in [3.63, 3.8) is 0 Å². The predicted molar refractivity (Wildman–Crippen MR) is 157 cm³/mol. The first kappa shape index (κ1) is 23.6. The van der Waals surface area contributed by atoms with Crippen LogP contribution in [0.2, 0.25) is 0 Å². The van der Waals surface area contributed by atoms with Crippen molar-refractivity contribution in [3.05, 3.63) is 142 Å². The fourth-order valence-corrected chi connectivity index (χ4v) is 7.51. The highest BCUT2D eigenvalue weighted by molar-refractivity contribution is 5.82. The van der Waals surface area contributed by atoms with Gasteiger partial charge < -0.3 is 14.2 Å². The Balaban J connectivity index is 1.22. The van der Waals surface area contributed by atoms with Gasteiger partial charge in [-0.25, -0.2) is 0 Å². The van der Waals surface area contributed by atoms with Crippen molar-refractivity contribution < 1.29 is 14.2 Å². The van der Waals surface area contributed by atoms with E-state index in [9.17, 15) is 0 Å². The Labute approximate surface area is 235 Å². The van der Waals surface area contributed by atoms with Gasteiger partial charge in [-0.05, 0) is 60.2 Å². The lowest BCUT2D eigenvalue weighted by Crippen LogP contribution is -2.40. The summed E-state index contributed by atoms with van der Waals surface area (Å²) in [5.74, 6) is 1.81. The van der Waals surface area contributed by atoms with Crippen LogP contribution >= 0.6 is 0 Å². The Morgan fingerprint density at radius 2 is 1.05 bits per heavy atom. The normalized spacial score (nSPS) is 19.7. The SMILES string of the molecule is CC1=C(C)OC2(O1)c1ccccc1-c1cc(CC3=C(C)C(C)(C)C4(O3)c3ccccc3-c3ccccc34)ccc12. The van der Waals surface area contributed by atoms with Crippen molar-refractivity contribution in [2.75, 3.05) is 0 Å². The molecule has 3 nitrogen and oxygen atoms in total. The van der Waals surface area contributed by atoms with Crippen LogP contribution in [0.1, 0.15) is 62.4 Å². The molecule has 198 valence electrons. The maximum atomic E-state index is 7.23. The van der Waals surface area contributed by atoms with Gasteiger partial charge in [-0.2, -0.15) is 0 Å². The summed E-state index contributed by atoms with van der Waals surface area (Å²) in [6.45, 7) is 10.9. The molecule has 0 atom stereocenters. The Morgan fingerprint density at radius 3 is 1.65 bits per heavy atom. The van der Waals surface area contributed by atoms with E-state index in [0.717, 1.165) is 46.0 Å². The average molecular weight is 525 g/mol. The molecule has 4 aromatic carbocycles. The van der Waals surface area contributed by atoms with E-state index in [2.05, 4.69) is 112 Å². The number of hydrogen-bond acceptors (Lipinski definition) is 3. The van der Waals surface area contributed by atoms with Crippen LogP contribution in [-0.4, -0.2) is 0 Å². The van der Waals surface area contributed by atoms with Gasteiger partial charge in [-0.15, -0.1) is 0 Å². The lowest BCUT2D eigenvalue weighted by molar-refractivity contribution is -0.122. The minimum Gasteiger partial charge on any atom is -0.481 e. The summed E-state index contributed by atoms with van der Waals surface area (Å²) in [5.41, 5.74) is 11.3. The van der Waals surface area contributed by atoms with E-state index in [0.29, 0.717) is 0 Å². The maximum Gasteiger partial charge on any atom is 0.306 e. The van der Waals surface area contributed by atoms with E-state index in [1.165, 1.54) is 33.4 Å². The molecule has 2 heterocycles. The van der Waals surface area contributed by atoms with Crippen LogP contribution in [0, 0.1) is 5.41 Å². The van der Waals surface area contributed by atoms with E-state index in [4.69, 9.17) is 14.2 Å². The Hall–Kier alpha value is -4.24. The lowest BCUT2D eigenvalue weighted by atomic mass is 9.67. The van der Waals surface area contributed by atoms with E-state index in [1.807, 2.05) is 13.8 Å². The molecule has 3 heteroatoms. The monoisotopic (exact) mass is 524 g/mol. The lowest BCUT2D eigenvalue weighted by Gasteiger charge is -2.40. The van der Waals surface area contributed by atoms with Gasteiger partial charge in [0.1, 0.15) is 17.3 Å². The van der Waals surface area contributed by atoms with Gasteiger partial charge in [0.15, 0.2) is 5.60 Å². The summed E-state index contributed by atoms with van der Waals surface area (Å²) in [5, 5.41) is 0. The second-order valence-electron chi connectivity index (χ2n) is 12.1. The molecule has 0 saturated carbocycles. The fraction of sp³-hybridized carbons (Fsp3) is 0.243. The predicted octanol–water partition coefficient (Wildman–Crippen LogP) is 8.96. The third-order valence-electron chi connectivity index (χ3n) is 9.88. The molecule has 40 heavy (non-hydrogen) atoms. The minimum absolute atomic E-state index is 0.218. The number of fused-ring (bicyclic) bond motifs is 10. The van der Waals surface area contributed by atoms with Gasteiger partial charge in [-0.3, -0.25) is 0 Å². The average Bonchev–Trinajstić information content (AvgIpc) is 3.59. The summed E-state index contributed by atoms with van der Waals surface area (Å²) in [6.07, 6.45) is 0.724. The van der Waals surface area contributed by atoms with Crippen LogP contribution in [0.5, 0.6) is 0 Å². The van der Waals surface area contributed by atoms with Crippen LogP contribution in [0.4, 0.5) is 0 Å². The molecule has 0 unspecified atom stereocenters. The van der Waals surface area contributed by atoms with Crippen molar-refractivity contribution in [1.29, 1.82) is 0 Å². The molecule has 4 aromatic rings. The molecule has 0 saturated heterocycles. The molecule has 2 aliphatic heterocycles. The fourth-order valence-electron chi connectivity index (χ4n) is 7.51. The second-order valence-corrected chi connectivity index (χ2v) is 12.1. The zero-order chi connectivity index (χ0) is 27.4. The number of allylic oxidation sites excluding steroid dienone is 3. The first-order valence-corrected chi connectivity index (χ1v) is 14.2. The highest BCUT2D eigenvalue weighted by Gasteiger charge is 2.60. The Morgan fingerprint density at radius 1 is 0.550 bits per heavy atom. The largest absolute Gasteiger partial charge is 0.481 e. The van der Waals surface area contributed by atoms with Crippen LogP contribution in [0.25, 0.3) is 22.3 Å². The minimum atomic E-state index is -0.902. The number of benzene rings is 4. The number of ether oxygens (including phenoxy) is 3. The third kappa shape index (κ3) is 2.70. The van der Waals surface area contributed by atoms with Gasteiger partial charge in [0, 0.05) is 34.1 Å². The second kappa shape index (κ2) is 7.69. The summed E-state index contributed by atoms with van der Waals surface area (Å²) >= 11 is 0. The number of rotatable bonds is 2. The van der Waals surface area contributed by atoms with Crippen molar-refractivity contribution >= 4 is 0 Å². The third-order valence-corrected chi connectivity index (χ3v) is 9.88.